The highest BCUT2D eigenvalue weighted by molar-refractivity contribution is 7.80. The number of alkyl halides is 3. The summed E-state index contributed by atoms with van der Waals surface area (Å²) in [5, 5.41) is 5.72. The lowest BCUT2D eigenvalue weighted by Gasteiger charge is -2.11. The highest BCUT2D eigenvalue weighted by Crippen LogP contribution is 2.28. The van der Waals surface area contributed by atoms with Crippen LogP contribution in [-0.4, -0.2) is 16.6 Å². The van der Waals surface area contributed by atoms with E-state index in [0.717, 1.165) is 12.3 Å². The fraction of sp³-hybridized carbons (Fsp3) is 0.200. The lowest BCUT2D eigenvalue weighted by molar-refractivity contribution is -0.137. The molecule has 0 bridgehead atoms. The monoisotopic (exact) mass is 343 g/mol. The van der Waals surface area contributed by atoms with Crippen LogP contribution < -0.4 is 10.6 Å². The molecule has 0 spiro atoms. The van der Waals surface area contributed by atoms with Crippen molar-refractivity contribution in [1.29, 1.82) is 0 Å². The molecule has 0 aliphatic heterocycles. The predicted octanol–water partition coefficient (Wildman–Crippen LogP) is 3.77. The van der Waals surface area contributed by atoms with Crippen molar-refractivity contribution in [1.82, 2.24) is 10.3 Å². The van der Waals surface area contributed by atoms with Crippen molar-refractivity contribution in [2.24, 2.45) is 0 Å². The maximum Gasteiger partial charge on any atom is 0.417 e. The van der Waals surface area contributed by atoms with Gasteiger partial charge >= 0.3 is 6.18 Å². The summed E-state index contributed by atoms with van der Waals surface area (Å²) in [7, 11) is 0. The molecule has 122 valence electrons. The molecule has 0 saturated carbocycles. The summed E-state index contributed by atoms with van der Waals surface area (Å²) in [6.45, 7) is 0.382. The Morgan fingerprint density at radius 1 is 1.13 bits per heavy atom. The second kappa shape index (κ2) is 7.36. The summed E-state index contributed by atoms with van der Waals surface area (Å²) >= 11 is 5.01. The molecule has 23 heavy (non-hydrogen) atoms. The normalized spacial score (nSPS) is 11.1. The fourth-order valence-corrected chi connectivity index (χ4v) is 2.01. The van der Waals surface area contributed by atoms with Gasteiger partial charge < -0.3 is 10.6 Å². The van der Waals surface area contributed by atoms with E-state index in [1.54, 1.807) is 18.2 Å². The third-order valence-electron chi connectivity index (χ3n) is 2.97. The van der Waals surface area contributed by atoms with Gasteiger partial charge in [0.2, 0.25) is 0 Å². The molecule has 0 radical (unpaired) electrons. The average molecular weight is 343 g/mol. The van der Waals surface area contributed by atoms with Crippen LogP contribution in [-0.2, 0) is 12.6 Å². The number of thiocarbonyl (C=S) groups is 1. The molecule has 1 aromatic carbocycles. The molecule has 0 fully saturated rings. The van der Waals surface area contributed by atoms with E-state index in [0.29, 0.717) is 18.5 Å². The molecule has 3 nitrogen and oxygen atoms in total. The molecule has 1 heterocycles. The summed E-state index contributed by atoms with van der Waals surface area (Å²) < 4.78 is 50.7. The Morgan fingerprint density at radius 3 is 2.48 bits per heavy atom. The highest BCUT2D eigenvalue weighted by atomic mass is 32.1. The van der Waals surface area contributed by atoms with Crippen molar-refractivity contribution >= 4 is 23.1 Å². The zero-order chi connectivity index (χ0) is 16.9. The van der Waals surface area contributed by atoms with E-state index in [1.165, 1.54) is 12.1 Å². The van der Waals surface area contributed by atoms with Gasteiger partial charge in [0, 0.05) is 12.7 Å². The first-order chi connectivity index (χ1) is 10.9. The molecule has 2 N–H and O–H groups in total. The SMILES string of the molecule is Fc1ccccc1CCNC(=S)Nc1ccc(C(F)(F)F)cn1. The predicted molar refractivity (Wildman–Crippen MR) is 83.6 cm³/mol. The molecule has 0 aliphatic rings. The number of anilines is 1. The number of nitrogens with one attached hydrogen (secondary N) is 2. The van der Waals surface area contributed by atoms with Crippen molar-refractivity contribution in [2.75, 3.05) is 11.9 Å². The fourth-order valence-electron chi connectivity index (χ4n) is 1.81. The number of rotatable bonds is 4. The summed E-state index contributed by atoms with van der Waals surface area (Å²) in [6.07, 6.45) is -3.27. The Morgan fingerprint density at radius 2 is 1.87 bits per heavy atom. The first kappa shape index (κ1) is 17.1. The van der Waals surface area contributed by atoms with Gasteiger partial charge in [-0.05, 0) is 42.4 Å². The Hall–Kier alpha value is -2.22. The van der Waals surface area contributed by atoms with E-state index in [4.69, 9.17) is 12.2 Å². The van der Waals surface area contributed by atoms with Crippen LogP contribution in [0.25, 0.3) is 0 Å². The highest BCUT2D eigenvalue weighted by Gasteiger charge is 2.30. The van der Waals surface area contributed by atoms with E-state index in [9.17, 15) is 17.6 Å². The van der Waals surface area contributed by atoms with Crippen LogP contribution in [0, 0.1) is 5.82 Å². The van der Waals surface area contributed by atoms with Gasteiger partial charge in [-0.2, -0.15) is 13.2 Å². The van der Waals surface area contributed by atoms with Crippen LogP contribution in [0.3, 0.4) is 0 Å². The molecule has 1 aromatic heterocycles. The minimum Gasteiger partial charge on any atom is -0.362 e. The number of hydrogen-bond donors (Lipinski definition) is 2. The molecule has 0 aliphatic carbocycles. The van der Waals surface area contributed by atoms with E-state index in [-0.39, 0.29) is 16.7 Å². The zero-order valence-electron chi connectivity index (χ0n) is 11.8. The molecule has 2 aromatic rings. The molecule has 0 amide bonds. The topological polar surface area (TPSA) is 37.0 Å². The largest absolute Gasteiger partial charge is 0.417 e. The first-order valence-corrected chi connectivity index (χ1v) is 7.08. The second-order valence-corrected chi connectivity index (χ2v) is 5.06. The van der Waals surface area contributed by atoms with E-state index in [1.807, 2.05) is 0 Å². The number of hydrogen-bond acceptors (Lipinski definition) is 2. The van der Waals surface area contributed by atoms with Crippen LogP contribution in [0.5, 0.6) is 0 Å². The van der Waals surface area contributed by atoms with Crippen LogP contribution in [0.1, 0.15) is 11.1 Å². The van der Waals surface area contributed by atoms with Crippen molar-refractivity contribution in [3.63, 3.8) is 0 Å². The summed E-state index contributed by atoms with van der Waals surface area (Å²) in [5.41, 5.74) is -0.281. The molecule has 0 unspecified atom stereocenters. The number of halogens is 4. The van der Waals surface area contributed by atoms with Crippen molar-refractivity contribution in [2.45, 2.75) is 12.6 Å². The van der Waals surface area contributed by atoms with E-state index in [2.05, 4.69) is 15.6 Å². The van der Waals surface area contributed by atoms with Gasteiger partial charge in [-0.25, -0.2) is 9.37 Å². The van der Waals surface area contributed by atoms with Gasteiger partial charge in [-0.1, -0.05) is 18.2 Å². The Kier molecular flexibility index (Phi) is 5.49. The summed E-state index contributed by atoms with van der Waals surface area (Å²) in [4.78, 5) is 3.65. The first-order valence-electron chi connectivity index (χ1n) is 6.68. The Labute approximate surface area is 135 Å². The maximum absolute atomic E-state index is 13.4. The molecular formula is C15H13F4N3S. The Balaban J connectivity index is 1.82. The molecule has 0 atom stereocenters. The van der Waals surface area contributed by atoms with Crippen LogP contribution in [0.4, 0.5) is 23.4 Å². The third kappa shape index (κ3) is 5.17. The number of pyridine rings is 1. The number of nitrogens with zero attached hydrogens (tertiary/aromatic N) is 1. The van der Waals surface area contributed by atoms with Gasteiger partial charge in [0.15, 0.2) is 5.11 Å². The van der Waals surface area contributed by atoms with Crippen molar-refractivity contribution < 1.29 is 17.6 Å². The average Bonchev–Trinajstić information content (AvgIpc) is 2.49. The van der Waals surface area contributed by atoms with E-state index < -0.39 is 11.7 Å². The minimum atomic E-state index is -4.43. The van der Waals surface area contributed by atoms with E-state index >= 15 is 0 Å². The standard InChI is InChI=1S/C15H13F4N3S/c16-12-4-2-1-3-10(12)7-8-20-14(23)22-13-6-5-11(9-21-13)15(17,18)19/h1-6,9H,7-8H2,(H2,20,21,22,23). The molecular weight excluding hydrogens is 330 g/mol. The smallest absolute Gasteiger partial charge is 0.362 e. The van der Waals surface area contributed by atoms with Crippen LogP contribution >= 0.6 is 12.2 Å². The van der Waals surface area contributed by atoms with Crippen LogP contribution in [0.15, 0.2) is 42.6 Å². The second-order valence-electron chi connectivity index (χ2n) is 4.65. The van der Waals surface area contributed by atoms with Gasteiger partial charge in [-0.15, -0.1) is 0 Å². The number of aromatic nitrogens is 1. The lowest BCUT2D eigenvalue weighted by Crippen LogP contribution is -2.30. The van der Waals surface area contributed by atoms with Crippen LogP contribution in [0.2, 0.25) is 0 Å². The van der Waals surface area contributed by atoms with Crippen molar-refractivity contribution in [3.05, 3.63) is 59.5 Å². The zero-order valence-corrected chi connectivity index (χ0v) is 12.6. The summed E-state index contributed by atoms with van der Waals surface area (Å²) in [6, 6.07) is 8.49. The minimum absolute atomic E-state index is 0.196. The molecule has 2 rings (SSSR count). The van der Waals surface area contributed by atoms with Gasteiger partial charge in [0.1, 0.15) is 11.6 Å². The van der Waals surface area contributed by atoms with Crippen molar-refractivity contribution in [3.8, 4) is 0 Å². The van der Waals surface area contributed by atoms with Gasteiger partial charge in [0.25, 0.3) is 0 Å². The number of benzene rings is 1. The molecule has 0 saturated heterocycles. The molecule has 8 heteroatoms. The summed E-state index contributed by atoms with van der Waals surface area (Å²) in [5.74, 6) is -0.0982. The quantitative estimate of drug-likeness (QED) is 0.655. The Bertz CT molecular complexity index is 671. The maximum atomic E-state index is 13.4. The third-order valence-corrected chi connectivity index (χ3v) is 3.22. The lowest BCUT2D eigenvalue weighted by atomic mass is 10.1. The van der Waals surface area contributed by atoms with Gasteiger partial charge in [-0.3, -0.25) is 0 Å². The van der Waals surface area contributed by atoms with Gasteiger partial charge in [0.05, 0.1) is 5.56 Å².